The highest BCUT2D eigenvalue weighted by molar-refractivity contribution is 6.07. The second kappa shape index (κ2) is 9.30. The highest BCUT2D eigenvalue weighted by Crippen LogP contribution is 2.33. The first-order valence-corrected chi connectivity index (χ1v) is 13.4. The zero-order chi connectivity index (χ0) is 29.1. The lowest BCUT2D eigenvalue weighted by Crippen LogP contribution is -2.14. The first-order valence-electron chi connectivity index (χ1n) is 13.4. The maximum Gasteiger partial charge on any atom is 0.197 e. The molecule has 6 heteroatoms. The van der Waals surface area contributed by atoms with Gasteiger partial charge in [-0.2, -0.15) is 10.5 Å². The number of fused-ring (bicyclic) bond motifs is 4. The average Bonchev–Trinajstić information content (AvgIpc) is 3.05. The SMILES string of the molecule is Cn1c2cc3c(=O)c4cccc(-c5ccc(C#N)cc5)c4n(C)c3cc2c(=O)c2cccc(-c3ccc(C#N)cc3)c21. The topological polar surface area (TPSA) is 91.6 Å². The van der Waals surface area contributed by atoms with Gasteiger partial charge in [-0.1, -0.05) is 48.5 Å². The monoisotopic (exact) mass is 542 g/mol. The Bertz CT molecular complexity index is 2290. The maximum absolute atomic E-state index is 14.0. The van der Waals surface area contributed by atoms with Gasteiger partial charge in [-0.3, -0.25) is 9.59 Å². The van der Waals surface area contributed by atoms with Crippen molar-refractivity contribution in [2.45, 2.75) is 0 Å². The fraction of sp³-hybridized carbons (Fsp3) is 0.0556. The Morgan fingerprint density at radius 3 is 1.26 bits per heavy atom. The van der Waals surface area contributed by atoms with E-state index in [-0.39, 0.29) is 10.9 Å². The molecule has 0 radical (unpaired) electrons. The molecule has 198 valence electrons. The van der Waals surface area contributed by atoms with Gasteiger partial charge in [0.15, 0.2) is 10.9 Å². The minimum atomic E-state index is -0.108. The minimum absolute atomic E-state index is 0.108. The van der Waals surface area contributed by atoms with E-state index >= 15 is 0 Å². The van der Waals surface area contributed by atoms with Crippen LogP contribution in [0, 0.1) is 22.7 Å². The second-order valence-electron chi connectivity index (χ2n) is 10.4. The second-order valence-corrected chi connectivity index (χ2v) is 10.4. The van der Waals surface area contributed by atoms with Gasteiger partial charge < -0.3 is 9.13 Å². The lowest BCUT2D eigenvalue weighted by Gasteiger charge is -2.18. The number of aromatic nitrogens is 2. The van der Waals surface area contributed by atoms with E-state index in [0.717, 1.165) is 33.3 Å². The van der Waals surface area contributed by atoms with Crippen LogP contribution in [0.5, 0.6) is 0 Å². The Kier molecular flexibility index (Phi) is 5.54. The van der Waals surface area contributed by atoms with Crippen LogP contribution in [0.4, 0.5) is 0 Å². The molecule has 7 aromatic rings. The Hall–Kier alpha value is -5.98. The van der Waals surface area contributed by atoms with Gasteiger partial charge in [0.1, 0.15) is 0 Å². The summed E-state index contributed by atoms with van der Waals surface area (Å²) in [6, 6.07) is 33.9. The van der Waals surface area contributed by atoms with Gasteiger partial charge in [0.2, 0.25) is 0 Å². The first-order chi connectivity index (χ1) is 20.4. The van der Waals surface area contributed by atoms with Gasteiger partial charge in [0.25, 0.3) is 0 Å². The molecule has 0 fully saturated rings. The van der Waals surface area contributed by atoms with E-state index in [2.05, 4.69) is 12.1 Å². The smallest absolute Gasteiger partial charge is 0.197 e. The van der Waals surface area contributed by atoms with Crippen molar-refractivity contribution >= 4 is 43.6 Å². The van der Waals surface area contributed by atoms with E-state index in [4.69, 9.17) is 0 Å². The normalized spacial score (nSPS) is 11.2. The molecule has 0 saturated heterocycles. The maximum atomic E-state index is 14.0. The van der Waals surface area contributed by atoms with Crippen LogP contribution in [-0.2, 0) is 14.1 Å². The number of nitrogens with zero attached hydrogens (tertiary/aromatic N) is 4. The summed E-state index contributed by atoms with van der Waals surface area (Å²) in [6.07, 6.45) is 0. The highest BCUT2D eigenvalue weighted by Gasteiger charge is 2.18. The lowest BCUT2D eigenvalue weighted by atomic mass is 9.97. The van der Waals surface area contributed by atoms with Crippen molar-refractivity contribution in [2.24, 2.45) is 14.1 Å². The number of rotatable bonds is 2. The largest absolute Gasteiger partial charge is 0.343 e. The summed E-state index contributed by atoms with van der Waals surface area (Å²) in [6.45, 7) is 0. The van der Waals surface area contributed by atoms with Crippen molar-refractivity contribution in [3.8, 4) is 34.4 Å². The van der Waals surface area contributed by atoms with Crippen LogP contribution in [0.2, 0.25) is 0 Å². The summed E-state index contributed by atoms with van der Waals surface area (Å²) < 4.78 is 3.96. The van der Waals surface area contributed by atoms with E-state index in [1.54, 1.807) is 24.3 Å². The molecular weight excluding hydrogens is 520 g/mol. The molecule has 5 aromatic carbocycles. The number of hydrogen-bond donors (Lipinski definition) is 0. The summed E-state index contributed by atoms with van der Waals surface area (Å²) in [5.41, 5.74) is 7.31. The van der Waals surface area contributed by atoms with Gasteiger partial charge in [0.05, 0.1) is 45.3 Å². The molecule has 42 heavy (non-hydrogen) atoms. The Morgan fingerprint density at radius 1 is 0.524 bits per heavy atom. The quantitative estimate of drug-likeness (QED) is 0.225. The summed E-state index contributed by atoms with van der Waals surface area (Å²) in [7, 11) is 3.83. The average molecular weight is 543 g/mol. The third-order valence-corrected chi connectivity index (χ3v) is 8.21. The number of nitriles is 2. The van der Waals surface area contributed by atoms with E-state index in [0.29, 0.717) is 43.7 Å². The van der Waals surface area contributed by atoms with E-state index in [1.807, 2.05) is 96.0 Å². The molecule has 2 heterocycles. The predicted molar refractivity (Wildman–Crippen MR) is 167 cm³/mol. The van der Waals surface area contributed by atoms with Gasteiger partial charge >= 0.3 is 0 Å². The highest BCUT2D eigenvalue weighted by atomic mass is 16.1. The molecule has 0 bridgehead atoms. The van der Waals surface area contributed by atoms with Gasteiger partial charge in [-0.05, 0) is 59.7 Å². The molecule has 0 aliphatic rings. The number of hydrogen-bond acceptors (Lipinski definition) is 4. The van der Waals surface area contributed by atoms with Crippen molar-refractivity contribution in [3.63, 3.8) is 0 Å². The Balaban J connectivity index is 1.56. The van der Waals surface area contributed by atoms with Crippen LogP contribution >= 0.6 is 0 Å². The number of aryl methyl sites for hydroxylation is 2. The molecule has 0 N–H and O–H groups in total. The van der Waals surface area contributed by atoms with Crippen LogP contribution in [-0.4, -0.2) is 9.13 Å². The van der Waals surface area contributed by atoms with Gasteiger partial charge in [0, 0.05) is 46.8 Å². The van der Waals surface area contributed by atoms with Crippen LogP contribution < -0.4 is 10.9 Å². The fourth-order valence-corrected chi connectivity index (χ4v) is 6.12. The molecule has 6 nitrogen and oxygen atoms in total. The van der Waals surface area contributed by atoms with Gasteiger partial charge in [-0.15, -0.1) is 0 Å². The fourth-order valence-electron chi connectivity index (χ4n) is 6.12. The summed E-state index contributed by atoms with van der Waals surface area (Å²) in [5, 5.41) is 20.7. The molecule has 2 aromatic heterocycles. The molecule has 0 unspecified atom stereocenters. The van der Waals surface area contributed by atoms with E-state index in [1.165, 1.54) is 0 Å². The standard InChI is InChI=1S/C36H22N4O2/c1-39-31-17-30-32(40(2)34-26(6-4-8-28(34)36(30)42)24-15-11-22(20-38)12-16-24)18-29(31)35(41)27-7-3-5-25(33(27)39)23-13-9-21(19-37)10-14-23/h3-18H,1-2H3. The summed E-state index contributed by atoms with van der Waals surface area (Å²) >= 11 is 0. The van der Waals surface area contributed by atoms with E-state index in [9.17, 15) is 20.1 Å². The molecule has 0 amide bonds. The molecule has 0 aliphatic carbocycles. The minimum Gasteiger partial charge on any atom is -0.343 e. The van der Waals surface area contributed by atoms with Crippen LogP contribution in [0.15, 0.2) is 107 Å². The van der Waals surface area contributed by atoms with Crippen molar-refractivity contribution in [1.82, 2.24) is 9.13 Å². The number of para-hydroxylation sites is 2. The lowest BCUT2D eigenvalue weighted by molar-refractivity contribution is 0.994. The Morgan fingerprint density at radius 2 is 0.905 bits per heavy atom. The molecule has 0 saturated carbocycles. The van der Waals surface area contributed by atoms with Gasteiger partial charge in [-0.25, -0.2) is 0 Å². The first kappa shape index (κ1) is 25.0. The molecule has 7 rings (SSSR count). The molecule has 0 aliphatic heterocycles. The summed E-state index contributed by atoms with van der Waals surface area (Å²) in [5.74, 6) is 0. The third-order valence-electron chi connectivity index (χ3n) is 8.21. The zero-order valence-electron chi connectivity index (χ0n) is 22.8. The molecule has 0 atom stereocenters. The zero-order valence-corrected chi connectivity index (χ0v) is 22.8. The molecule has 0 spiro atoms. The summed E-state index contributed by atoms with van der Waals surface area (Å²) in [4.78, 5) is 28.0. The Labute approximate surface area is 240 Å². The van der Waals surface area contributed by atoms with Crippen molar-refractivity contribution in [2.75, 3.05) is 0 Å². The van der Waals surface area contributed by atoms with Crippen molar-refractivity contribution in [3.05, 3.63) is 129 Å². The van der Waals surface area contributed by atoms with Crippen LogP contribution in [0.1, 0.15) is 11.1 Å². The number of benzene rings is 5. The van der Waals surface area contributed by atoms with E-state index < -0.39 is 0 Å². The van der Waals surface area contributed by atoms with Crippen molar-refractivity contribution < 1.29 is 0 Å². The number of pyridine rings is 2. The van der Waals surface area contributed by atoms with Crippen molar-refractivity contribution in [1.29, 1.82) is 10.5 Å². The predicted octanol–water partition coefficient (Wildman–Crippen LogP) is 6.77. The van der Waals surface area contributed by atoms with Crippen LogP contribution in [0.3, 0.4) is 0 Å². The third kappa shape index (κ3) is 3.56. The molecular formula is C36H22N4O2. The van der Waals surface area contributed by atoms with Crippen LogP contribution in [0.25, 0.3) is 65.9 Å².